The Balaban J connectivity index is 1.81. The molecule has 0 spiro atoms. The lowest BCUT2D eigenvalue weighted by Crippen LogP contribution is -2.48. The minimum Gasteiger partial charge on any atom is -0.508 e. The van der Waals surface area contributed by atoms with E-state index in [2.05, 4.69) is 11.4 Å². The summed E-state index contributed by atoms with van der Waals surface area (Å²) in [5.74, 6) is 1.25. The van der Waals surface area contributed by atoms with E-state index in [1.165, 1.54) is 44.1 Å². The summed E-state index contributed by atoms with van der Waals surface area (Å²) < 4.78 is 0. The third-order valence-electron chi connectivity index (χ3n) is 4.57. The van der Waals surface area contributed by atoms with Crippen molar-refractivity contribution in [2.24, 2.45) is 5.92 Å². The number of phenolic OH excluding ortho intramolecular Hbond substituents is 1. The fraction of sp³-hybridized carbons (Fsp3) is 0.625. The molecule has 1 aromatic carbocycles. The van der Waals surface area contributed by atoms with Crippen LogP contribution in [0.5, 0.6) is 5.75 Å². The van der Waals surface area contributed by atoms with Crippen LogP contribution < -0.4 is 5.32 Å². The van der Waals surface area contributed by atoms with Crippen LogP contribution in [0.1, 0.15) is 44.1 Å². The van der Waals surface area contributed by atoms with Gasteiger partial charge in [0.25, 0.3) is 0 Å². The Morgan fingerprint density at radius 1 is 1.22 bits per heavy atom. The van der Waals surface area contributed by atoms with Gasteiger partial charge in [-0.15, -0.1) is 0 Å². The van der Waals surface area contributed by atoms with Crippen molar-refractivity contribution in [3.8, 4) is 5.75 Å². The molecule has 2 N–H and O–H groups in total. The highest BCUT2D eigenvalue weighted by Crippen LogP contribution is 2.45. The first-order chi connectivity index (χ1) is 8.78. The molecule has 0 radical (unpaired) electrons. The largest absolute Gasteiger partial charge is 0.508 e. The molecule has 2 fully saturated rings. The van der Waals surface area contributed by atoms with Gasteiger partial charge in [0.1, 0.15) is 5.75 Å². The van der Waals surface area contributed by atoms with Crippen molar-refractivity contribution < 1.29 is 5.11 Å². The molecule has 1 atom stereocenters. The van der Waals surface area contributed by atoms with Gasteiger partial charge in [-0.25, -0.2) is 0 Å². The molecule has 2 heteroatoms. The Kier molecular flexibility index (Phi) is 3.29. The normalized spacial score (nSPS) is 28.9. The molecule has 0 bridgehead atoms. The zero-order valence-electron chi connectivity index (χ0n) is 11.0. The molecule has 1 aromatic rings. The number of benzene rings is 1. The molecule has 0 amide bonds. The van der Waals surface area contributed by atoms with Gasteiger partial charge in [0.2, 0.25) is 0 Å². The first kappa shape index (κ1) is 12.0. The maximum atomic E-state index is 9.62. The second kappa shape index (κ2) is 4.93. The minimum absolute atomic E-state index is 0.310. The molecule has 18 heavy (non-hydrogen) atoms. The third-order valence-corrected chi connectivity index (χ3v) is 4.57. The average Bonchev–Trinajstić information content (AvgIpc) is 3.16. The zero-order chi connectivity index (χ0) is 12.4. The van der Waals surface area contributed by atoms with Crippen molar-refractivity contribution in [2.75, 3.05) is 6.54 Å². The van der Waals surface area contributed by atoms with Gasteiger partial charge in [-0.1, -0.05) is 25.0 Å². The summed E-state index contributed by atoms with van der Waals surface area (Å²) >= 11 is 0. The summed E-state index contributed by atoms with van der Waals surface area (Å²) in [6.07, 6.45) is 9.16. The Morgan fingerprint density at radius 2 is 2.11 bits per heavy atom. The number of hydrogen-bond acceptors (Lipinski definition) is 2. The van der Waals surface area contributed by atoms with Crippen LogP contribution in [0.15, 0.2) is 24.3 Å². The molecular formula is C16H23NO. The summed E-state index contributed by atoms with van der Waals surface area (Å²) in [6.45, 7) is 1.16. The van der Waals surface area contributed by atoms with E-state index in [1.807, 2.05) is 12.1 Å². The number of rotatable bonds is 3. The highest BCUT2D eigenvalue weighted by molar-refractivity contribution is 5.29. The number of phenols is 1. The second-order valence-corrected chi connectivity index (χ2v) is 6.01. The SMILES string of the molecule is Oc1cccc(CC2(C3CC3)CCCCCN2)c1. The van der Waals surface area contributed by atoms with E-state index in [4.69, 9.17) is 0 Å². The van der Waals surface area contributed by atoms with Gasteiger partial charge in [0.15, 0.2) is 0 Å². The minimum atomic E-state index is 0.310. The smallest absolute Gasteiger partial charge is 0.115 e. The maximum absolute atomic E-state index is 9.62. The van der Waals surface area contributed by atoms with E-state index in [1.54, 1.807) is 6.07 Å². The second-order valence-electron chi connectivity index (χ2n) is 6.01. The fourth-order valence-electron chi connectivity index (χ4n) is 3.48. The summed E-state index contributed by atoms with van der Waals surface area (Å²) in [5, 5.41) is 13.5. The van der Waals surface area contributed by atoms with E-state index >= 15 is 0 Å². The quantitative estimate of drug-likeness (QED) is 0.856. The van der Waals surface area contributed by atoms with Gasteiger partial charge in [-0.05, 0) is 62.3 Å². The molecule has 98 valence electrons. The molecule has 2 aliphatic rings. The van der Waals surface area contributed by atoms with Crippen LogP contribution in [0.2, 0.25) is 0 Å². The van der Waals surface area contributed by atoms with E-state index < -0.39 is 0 Å². The summed E-state index contributed by atoms with van der Waals surface area (Å²) in [5.41, 5.74) is 1.58. The van der Waals surface area contributed by atoms with Crippen LogP contribution in [-0.2, 0) is 6.42 Å². The molecule has 1 heterocycles. The van der Waals surface area contributed by atoms with Crippen molar-refractivity contribution in [1.82, 2.24) is 5.32 Å². The van der Waals surface area contributed by atoms with E-state index in [-0.39, 0.29) is 0 Å². The van der Waals surface area contributed by atoms with E-state index in [0.717, 1.165) is 18.9 Å². The Labute approximate surface area is 109 Å². The zero-order valence-corrected chi connectivity index (χ0v) is 11.0. The third kappa shape index (κ3) is 2.54. The van der Waals surface area contributed by atoms with E-state index in [9.17, 15) is 5.11 Å². The molecule has 2 nitrogen and oxygen atoms in total. The Morgan fingerprint density at radius 3 is 2.89 bits per heavy atom. The summed E-state index contributed by atoms with van der Waals surface area (Å²) in [6, 6.07) is 7.79. The average molecular weight is 245 g/mol. The van der Waals surface area contributed by atoms with Crippen LogP contribution in [0, 0.1) is 5.92 Å². The van der Waals surface area contributed by atoms with Crippen molar-refractivity contribution in [1.29, 1.82) is 0 Å². The molecule has 0 aromatic heterocycles. The molecule has 1 saturated heterocycles. The maximum Gasteiger partial charge on any atom is 0.115 e. The van der Waals surface area contributed by atoms with Gasteiger partial charge in [0.05, 0.1) is 0 Å². The molecular weight excluding hydrogens is 222 g/mol. The van der Waals surface area contributed by atoms with E-state index in [0.29, 0.717) is 11.3 Å². The highest BCUT2D eigenvalue weighted by Gasteiger charge is 2.44. The number of aromatic hydroxyl groups is 1. The molecule has 3 rings (SSSR count). The highest BCUT2D eigenvalue weighted by atomic mass is 16.3. The van der Waals surface area contributed by atoms with Crippen molar-refractivity contribution in [3.63, 3.8) is 0 Å². The predicted octanol–water partition coefficient (Wildman–Crippen LogP) is 3.25. The summed E-state index contributed by atoms with van der Waals surface area (Å²) in [7, 11) is 0. The number of hydrogen-bond donors (Lipinski definition) is 2. The Bertz CT molecular complexity index is 403. The molecule has 1 aliphatic heterocycles. The molecule has 1 aliphatic carbocycles. The van der Waals surface area contributed by atoms with Gasteiger partial charge >= 0.3 is 0 Å². The van der Waals surface area contributed by atoms with Crippen molar-refractivity contribution in [3.05, 3.63) is 29.8 Å². The molecule has 1 unspecified atom stereocenters. The van der Waals surface area contributed by atoms with Crippen LogP contribution in [0.4, 0.5) is 0 Å². The Hall–Kier alpha value is -1.02. The van der Waals surface area contributed by atoms with Gasteiger partial charge in [0, 0.05) is 5.54 Å². The monoisotopic (exact) mass is 245 g/mol. The lowest BCUT2D eigenvalue weighted by atomic mass is 9.82. The van der Waals surface area contributed by atoms with Gasteiger partial charge in [-0.2, -0.15) is 0 Å². The van der Waals surface area contributed by atoms with Gasteiger partial charge < -0.3 is 10.4 Å². The van der Waals surface area contributed by atoms with Crippen LogP contribution in [0.3, 0.4) is 0 Å². The fourth-order valence-corrected chi connectivity index (χ4v) is 3.48. The van der Waals surface area contributed by atoms with Crippen LogP contribution in [-0.4, -0.2) is 17.2 Å². The molecule has 1 saturated carbocycles. The first-order valence-corrected chi connectivity index (χ1v) is 7.31. The first-order valence-electron chi connectivity index (χ1n) is 7.31. The lowest BCUT2D eigenvalue weighted by molar-refractivity contribution is 0.270. The van der Waals surface area contributed by atoms with Crippen LogP contribution in [0.25, 0.3) is 0 Å². The number of nitrogens with one attached hydrogen (secondary N) is 1. The predicted molar refractivity (Wildman–Crippen MR) is 73.7 cm³/mol. The van der Waals surface area contributed by atoms with Crippen molar-refractivity contribution in [2.45, 2.75) is 50.5 Å². The standard InChI is InChI=1S/C16H23NO/c18-15-6-4-5-13(11-15)12-16(14-7-8-14)9-2-1-3-10-17-16/h4-6,11,14,17-18H,1-3,7-10,12H2. The van der Waals surface area contributed by atoms with Gasteiger partial charge in [-0.3, -0.25) is 0 Å². The van der Waals surface area contributed by atoms with Crippen molar-refractivity contribution >= 4 is 0 Å². The lowest BCUT2D eigenvalue weighted by Gasteiger charge is -2.34. The van der Waals surface area contributed by atoms with Crippen LogP contribution >= 0.6 is 0 Å². The topological polar surface area (TPSA) is 32.3 Å². The summed E-state index contributed by atoms with van der Waals surface area (Å²) in [4.78, 5) is 0.